The molecule has 0 saturated carbocycles. The van der Waals surface area contributed by atoms with E-state index in [4.69, 9.17) is 9.84 Å². The van der Waals surface area contributed by atoms with Crippen molar-refractivity contribution < 1.29 is 14.6 Å². The fraction of sp³-hybridized carbons (Fsp3) is 0.909. The van der Waals surface area contributed by atoms with Crippen molar-refractivity contribution in [3.63, 3.8) is 0 Å². The monoisotopic (exact) mass is 215 g/mol. The summed E-state index contributed by atoms with van der Waals surface area (Å²) in [6, 6.07) is 0. The molecule has 1 aliphatic rings. The molecule has 0 aromatic rings. The second-order valence-corrected chi connectivity index (χ2v) is 4.38. The van der Waals surface area contributed by atoms with E-state index in [2.05, 4.69) is 5.32 Å². The van der Waals surface area contributed by atoms with E-state index in [9.17, 15) is 4.79 Å². The van der Waals surface area contributed by atoms with E-state index in [1.165, 1.54) is 0 Å². The van der Waals surface area contributed by atoms with Crippen LogP contribution in [0.4, 0.5) is 0 Å². The number of rotatable bonds is 5. The van der Waals surface area contributed by atoms with E-state index >= 15 is 0 Å². The number of aliphatic hydroxyl groups is 1. The van der Waals surface area contributed by atoms with Crippen LogP contribution in [0.1, 0.15) is 39.5 Å². The van der Waals surface area contributed by atoms with Crippen molar-refractivity contribution in [1.29, 1.82) is 0 Å². The smallest absolute Gasteiger partial charge is 0.249 e. The first-order chi connectivity index (χ1) is 7.11. The minimum Gasteiger partial charge on any atom is -0.396 e. The molecule has 0 aliphatic carbocycles. The van der Waals surface area contributed by atoms with Crippen LogP contribution in [0.25, 0.3) is 0 Å². The Labute approximate surface area is 91.0 Å². The quantitative estimate of drug-likeness (QED) is 0.714. The van der Waals surface area contributed by atoms with Gasteiger partial charge in [-0.1, -0.05) is 6.92 Å². The van der Waals surface area contributed by atoms with Crippen molar-refractivity contribution in [3.8, 4) is 0 Å². The van der Waals surface area contributed by atoms with Crippen LogP contribution in [-0.4, -0.2) is 35.9 Å². The molecule has 1 amide bonds. The first-order valence-electron chi connectivity index (χ1n) is 5.66. The van der Waals surface area contributed by atoms with Crippen LogP contribution in [0.15, 0.2) is 0 Å². The maximum atomic E-state index is 11.8. The topological polar surface area (TPSA) is 58.6 Å². The lowest BCUT2D eigenvalue weighted by atomic mass is 9.94. The molecule has 0 radical (unpaired) electrons. The van der Waals surface area contributed by atoms with Crippen LogP contribution in [0.2, 0.25) is 0 Å². The Morgan fingerprint density at radius 2 is 2.40 bits per heavy atom. The number of aliphatic hydroxyl groups excluding tert-OH is 1. The highest BCUT2D eigenvalue weighted by Gasteiger charge is 2.30. The highest BCUT2D eigenvalue weighted by Crippen LogP contribution is 2.17. The summed E-state index contributed by atoms with van der Waals surface area (Å²) < 4.78 is 5.31. The molecule has 1 fully saturated rings. The Kier molecular flexibility index (Phi) is 4.54. The molecule has 0 aromatic heterocycles. The predicted octanol–water partition coefficient (Wildman–Crippen LogP) is 0.833. The molecule has 15 heavy (non-hydrogen) atoms. The summed E-state index contributed by atoms with van der Waals surface area (Å²) in [5.74, 6) is -0.0368. The molecule has 2 atom stereocenters. The maximum Gasteiger partial charge on any atom is 0.249 e. The zero-order valence-corrected chi connectivity index (χ0v) is 9.58. The van der Waals surface area contributed by atoms with Gasteiger partial charge in [0, 0.05) is 18.8 Å². The Morgan fingerprint density at radius 3 is 2.87 bits per heavy atom. The molecule has 1 saturated heterocycles. The molecule has 1 aliphatic heterocycles. The Hall–Kier alpha value is -0.610. The number of carbonyl (C=O) groups is 1. The normalized spacial score (nSPS) is 24.9. The van der Waals surface area contributed by atoms with Gasteiger partial charge in [0.05, 0.1) is 0 Å². The number of carbonyl (C=O) groups excluding carboxylic acids is 1. The average molecular weight is 215 g/mol. The summed E-state index contributed by atoms with van der Waals surface area (Å²) in [6.07, 6.45) is 2.88. The summed E-state index contributed by atoms with van der Waals surface area (Å²) >= 11 is 0. The van der Waals surface area contributed by atoms with Gasteiger partial charge in [-0.25, -0.2) is 0 Å². The fourth-order valence-corrected chi connectivity index (χ4v) is 1.74. The van der Waals surface area contributed by atoms with Crippen LogP contribution in [0.5, 0.6) is 0 Å². The third-order valence-electron chi connectivity index (χ3n) is 3.09. The summed E-state index contributed by atoms with van der Waals surface area (Å²) in [7, 11) is 0. The molecule has 1 heterocycles. The highest BCUT2D eigenvalue weighted by atomic mass is 16.5. The zero-order chi connectivity index (χ0) is 11.3. The Balaban J connectivity index is 2.46. The van der Waals surface area contributed by atoms with Gasteiger partial charge in [0.15, 0.2) is 0 Å². The SMILES string of the molecule is CCC(C)(CCO)NC(=O)C1CCCO1. The third-order valence-corrected chi connectivity index (χ3v) is 3.09. The van der Waals surface area contributed by atoms with E-state index in [-0.39, 0.29) is 24.2 Å². The molecular formula is C11H21NO3. The highest BCUT2D eigenvalue weighted by molar-refractivity contribution is 5.81. The molecule has 2 unspecified atom stereocenters. The van der Waals surface area contributed by atoms with Crippen molar-refractivity contribution in [1.82, 2.24) is 5.32 Å². The largest absolute Gasteiger partial charge is 0.396 e. The lowest BCUT2D eigenvalue weighted by Gasteiger charge is -2.30. The van der Waals surface area contributed by atoms with Gasteiger partial charge in [-0.05, 0) is 32.6 Å². The minimum absolute atomic E-state index is 0.0368. The molecular weight excluding hydrogens is 194 g/mol. The number of hydrogen-bond acceptors (Lipinski definition) is 3. The first kappa shape index (κ1) is 12.5. The molecule has 4 heteroatoms. The Morgan fingerprint density at radius 1 is 1.67 bits per heavy atom. The number of hydrogen-bond donors (Lipinski definition) is 2. The maximum absolute atomic E-state index is 11.8. The van der Waals surface area contributed by atoms with Gasteiger partial charge in [0.25, 0.3) is 0 Å². The first-order valence-corrected chi connectivity index (χ1v) is 5.66. The van der Waals surface area contributed by atoms with Crippen molar-refractivity contribution in [2.24, 2.45) is 0 Å². The zero-order valence-electron chi connectivity index (χ0n) is 9.58. The lowest BCUT2D eigenvalue weighted by molar-refractivity contribution is -0.132. The van der Waals surface area contributed by atoms with Crippen LogP contribution in [0.3, 0.4) is 0 Å². The third kappa shape index (κ3) is 3.47. The van der Waals surface area contributed by atoms with Crippen molar-refractivity contribution >= 4 is 5.91 Å². The molecule has 0 bridgehead atoms. The van der Waals surface area contributed by atoms with E-state index in [1.54, 1.807) is 0 Å². The molecule has 88 valence electrons. The summed E-state index contributed by atoms with van der Waals surface area (Å²) in [5.41, 5.74) is -0.308. The molecule has 4 nitrogen and oxygen atoms in total. The lowest BCUT2D eigenvalue weighted by Crippen LogP contribution is -2.49. The van der Waals surface area contributed by atoms with Crippen LogP contribution in [0, 0.1) is 0 Å². The van der Waals surface area contributed by atoms with Gasteiger partial charge >= 0.3 is 0 Å². The van der Waals surface area contributed by atoms with Crippen molar-refractivity contribution in [2.75, 3.05) is 13.2 Å². The molecule has 0 spiro atoms. The van der Waals surface area contributed by atoms with Crippen LogP contribution < -0.4 is 5.32 Å². The standard InChI is InChI=1S/C11H21NO3/c1-3-11(2,6-7-13)12-10(14)9-5-4-8-15-9/h9,13H,3-8H2,1-2H3,(H,12,14). The van der Waals surface area contributed by atoms with Gasteiger partial charge in [0.1, 0.15) is 6.10 Å². The predicted molar refractivity (Wildman–Crippen MR) is 57.5 cm³/mol. The number of ether oxygens (including phenoxy) is 1. The second kappa shape index (κ2) is 5.47. The van der Waals surface area contributed by atoms with E-state index < -0.39 is 0 Å². The Bertz CT molecular complexity index is 214. The fourth-order valence-electron chi connectivity index (χ4n) is 1.74. The van der Waals surface area contributed by atoms with Gasteiger partial charge in [0.2, 0.25) is 5.91 Å². The van der Waals surface area contributed by atoms with Crippen LogP contribution >= 0.6 is 0 Å². The number of nitrogens with one attached hydrogen (secondary N) is 1. The molecule has 1 rings (SSSR count). The summed E-state index contributed by atoms with van der Waals surface area (Å²) in [6.45, 7) is 4.73. The van der Waals surface area contributed by atoms with Crippen LogP contribution in [-0.2, 0) is 9.53 Å². The molecule has 2 N–H and O–H groups in total. The van der Waals surface area contributed by atoms with Crippen molar-refractivity contribution in [3.05, 3.63) is 0 Å². The van der Waals surface area contributed by atoms with Crippen molar-refractivity contribution in [2.45, 2.75) is 51.2 Å². The van der Waals surface area contributed by atoms with E-state index in [1.807, 2.05) is 13.8 Å². The number of amides is 1. The van der Waals surface area contributed by atoms with Gasteiger partial charge in [-0.15, -0.1) is 0 Å². The van der Waals surface area contributed by atoms with Gasteiger partial charge in [-0.3, -0.25) is 4.79 Å². The summed E-state index contributed by atoms with van der Waals surface area (Å²) in [4.78, 5) is 11.8. The minimum atomic E-state index is -0.308. The average Bonchev–Trinajstić information content (AvgIpc) is 2.71. The second-order valence-electron chi connectivity index (χ2n) is 4.38. The van der Waals surface area contributed by atoms with E-state index in [0.29, 0.717) is 13.0 Å². The van der Waals surface area contributed by atoms with E-state index in [0.717, 1.165) is 19.3 Å². The molecule has 0 aromatic carbocycles. The van der Waals surface area contributed by atoms with Gasteiger partial charge in [-0.2, -0.15) is 0 Å². The summed E-state index contributed by atoms with van der Waals surface area (Å²) in [5, 5.41) is 11.9. The van der Waals surface area contributed by atoms with Gasteiger partial charge < -0.3 is 15.2 Å².